The average molecular weight is 616 g/mol. The molecule has 0 heterocycles. The zero-order chi connectivity index (χ0) is 19.6. The van der Waals surface area contributed by atoms with Crippen LogP contribution in [0.3, 0.4) is 0 Å². The summed E-state index contributed by atoms with van der Waals surface area (Å²) in [7, 11) is 1.36. The van der Waals surface area contributed by atoms with Gasteiger partial charge < -0.3 is 14.9 Å². The number of carbonyl (C=O) groups is 1. The van der Waals surface area contributed by atoms with Crippen molar-refractivity contribution in [3.63, 3.8) is 0 Å². The van der Waals surface area contributed by atoms with Crippen LogP contribution in [0.5, 0.6) is 11.5 Å². The Balaban J connectivity index is 2.65. The van der Waals surface area contributed by atoms with Gasteiger partial charge >= 0.3 is 5.97 Å². The number of rotatable bonds is 5. The van der Waals surface area contributed by atoms with E-state index in [1.807, 2.05) is 31.2 Å². The number of hydrogen-bond donors (Lipinski definition) is 2. The van der Waals surface area contributed by atoms with Crippen molar-refractivity contribution >= 4 is 69.7 Å². The average Bonchev–Trinajstić information content (AvgIpc) is 2.60. The van der Waals surface area contributed by atoms with Gasteiger partial charge in [-0.3, -0.25) is 4.79 Å². The molecule has 2 aromatic carbocycles. The summed E-state index contributed by atoms with van der Waals surface area (Å²) in [6.07, 6.45) is 0.701. The molecule has 0 aliphatic heterocycles. The fourth-order valence-electron chi connectivity index (χ4n) is 2.68. The van der Waals surface area contributed by atoms with E-state index in [-0.39, 0.29) is 23.9 Å². The second-order valence-corrected chi connectivity index (χ2v) is 9.40. The van der Waals surface area contributed by atoms with Crippen LogP contribution in [-0.2, 0) is 14.9 Å². The normalized spacial score (nSPS) is 11.5. The Hall–Kier alpha value is -0.570. The summed E-state index contributed by atoms with van der Waals surface area (Å²) in [5.74, 6) is -0.0840. The zero-order valence-electron chi connectivity index (χ0n) is 13.9. The molecule has 0 spiro atoms. The lowest BCUT2D eigenvalue weighted by molar-refractivity contribution is -0.140. The quantitative estimate of drug-likeness (QED) is 0.382. The van der Waals surface area contributed by atoms with E-state index < -0.39 is 5.41 Å². The summed E-state index contributed by atoms with van der Waals surface area (Å²) in [6.45, 7) is 2.01. The standard InChI is InChI=1S/C18H16Br4O4/c1-18(4-3-15(23)26-2,9-5-11(19)16(24)12(20)6-9)10-7-13(21)17(25)14(22)8-10/h5-8,24-25H,3-4H2,1-2H3. The number of halogens is 4. The van der Waals surface area contributed by atoms with Gasteiger partial charge in [0.2, 0.25) is 0 Å². The maximum absolute atomic E-state index is 11.8. The van der Waals surface area contributed by atoms with Gasteiger partial charge in [-0.2, -0.15) is 0 Å². The molecule has 26 heavy (non-hydrogen) atoms. The molecular formula is C18H16Br4O4. The largest absolute Gasteiger partial charge is 0.506 e. The van der Waals surface area contributed by atoms with Crippen molar-refractivity contribution in [2.24, 2.45) is 0 Å². The van der Waals surface area contributed by atoms with Crippen LogP contribution in [0.4, 0.5) is 0 Å². The van der Waals surface area contributed by atoms with Gasteiger partial charge in [0.05, 0.1) is 25.0 Å². The van der Waals surface area contributed by atoms with Crippen LogP contribution in [0.25, 0.3) is 0 Å². The number of aromatic hydroxyl groups is 2. The number of methoxy groups -OCH3 is 1. The highest BCUT2D eigenvalue weighted by Gasteiger charge is 2.32. The van der Waals surface area contributed by atoms with E-state index in [2.05, 4.69) is 63.7 Å². The smallest absolute Gasteiger partial charge is 0.305 e. The molecule has 2 N–H and O–H groups in total. The highest BCUT2D eigenvalue weighted by molar-refractivity contribution is 9.11. The molecule has 0 atom stereocenters. The van der Waals surface area contributed by atoms with Gasteiger partial charge in [0.15, 0.2) is 0 Å². The first-order valence-electron chi connectivity index (χ1n) is 7.54. The first-order valence-corrected chi connectivity index (χ1v) is 10.7. The third-order valence-electron chi connectivity index (χ3n) is 4.36. The topological polar surface area (TPSA) is 66.8 Å². The van der Waals surface area contributed by atoms with E-state index >= 15 is 0 Å². The molecule has 0 aliphatic rings. The fraction of sp³-hybridized carbons (Fsp3) is 0.278. The minimum atomic E-state index is -0.578. The molecule has 0 unspecified atom stereocenters. The van der Waals surface area contributed by atoms with Crippen LogP contribution < -0.4 is 0 Å². The van der Waals surface area contributed by atoms with Crippen LogP contribution in [0, 0.1) is 0 Å². The van der Waals surface area contributed by atoms with Crippen molar-refractivity contribution in [2.75, 3.05) is 7.11 Å². The molecule has 0 saturated heterocycles. The van der Waals surface area contributed by atoms with E-state index in [4.69, 9.17) is 4.74 Å². The van der Waals surface area contributed by atoms with Gasteiger partial charge in [0.25, 0.3) is 0 Å². The molecular weight excluding hydrogens is 600 g/mol. The fourth-order valence-corrected chi connectivity index (χ4v) is 5.05. The minimum absolute atomic E-state index is 0.108. The Labute approximate surface area is 185 Å². The van der Waals surface area contributed by atoms with E-state index in [9.17, 15) is 15.0 Å². The summed E-state index contributed by atoms with van der Waals surface area (Å²) < 4.78 is 6.97. The maximum Gasteiger partial charge on any atom is 0.305 e. The molecule has 2 aromatic rings. The van der Waals surface area contributed by atoms with Crippen molar-refractivity contribution in [1.29, 1.82) is 0 Å². The van der Waals surface area contributed by atoms with Crippen LogP contribution in [0.1, 0.15) is 30.9 Å². The van der Waals surface area contributed by atoms with Gasteiger partial charge in [-0.25, -0.2) is 0 Å². The van der Waals surface area contributed by atoms with E-state index in [0.29, 0.717) is 24.3 Å². The number of hydrogen-bond acceptors (Lipinski definition) is 4. The lowest BCUT2D eigenvalue weighted by atomic mass is 9.73. The third kappa shape index (κ3) is 4.46. The summed E-state index contributed by atoms with van der Waals surface area (Å²) in [5, 5.41) is 20.1. The lowest BCUT2D eigenvalue weighted by Crippen LogP contribution is -2.25. The Bertz CT molecular complexity index is 748. The molecule has 0 bridgehead atoms. The monoisotopic (exact) mass is 612 g/mol. The number of carbonyl (C=O) groups excluding carboxylic acids is 1. The van der Waals surface area contributed by atoms with E-state index in [0.717, 1.165) is 11.1 Å². The molecule has 2 rings (SSSR count). The first-order chi connectivity index (χ1) is 12.1. The van der Waals surface area contributed by atoms with Crippen molar-refractivity contribution < 1.29 is 19.7 Å². The number of phenols is 2. The summed E-state index contributed by atoms with van der Waals surface area (Å²) >= 11 is 13.5. The number of esters is 1. The number of benzene rings is 2. The van der Waals surface area contributed by atoms with Crippen molar-refractivity contribution in [3.8, 4) is 11.5 Å². The highest BCUT2D eigenvalue weighted by Crippen LogP contribution is 2.45. The first kappa shape index (κ1) is 21.7. The zero-order valence-corrected chi connectivity index (χ0v) is 20.3. The van der Waals surface area contributed by atoms with Crippen molar-refractivity contribution in [3.05, 3.63) is 53.3 Å². The summed E-state index contributed by atoms with van der Waals surface area (Å²) in [5.41, 5.74) is 1.20. The van der Waals surface area contributed by atoms with Crippen molar-refractivity contribution in [2.45, 2.75) is 25.2 Å². The van der Waals surface area contributed by atoms with Gasteiger partial charge in [-0.15, -0.1) is 0 Å². The Morgan fingerprint density at radius 2 is 1.27 bits per heavy atom. The van der Waals surface area contributed by atoms with Gasteiger partial charge in [-0.1, -0.05) is 6.92 Å². The minimum Gasteiger partial charge on any atom is -0.506 e. The molecule has 0 radical (unpaired) electrons. The van der Waals surface area contributed by atoms with Gasteiger partial charge in [0, 0.05) is 11.8 Å². The second kappa shape index (κ2) is 8.63. The SMILES string of the molecule is COC(=O)CCC(C)(c1cc(Br)c(O)c(Br)c1)c1cc(Br)c(O)c(Br)c1. The summed E-state index contributed by atoms with van der Waals surface area (Å²) in [4.78, 5) is 11.8. The van der Waals surface area contributed by atoms with Crippen LogP contribution in [0.2, 0.25) is 0 Å². The highest BCUT2D eigenvalue weighted by atomic mass is 79.9. The van der Waals surface area contributed by atoms with E-state index in [1.165, 1.54) is 7.11 Å². The predicted molar refractivity (Wildman–Crippen MR) is 115 cm³/mol. The molecule has 140 valence electrons. The maximum atomic E-state index is 11.8. The van der Waals surface area contributed by atoms with Crippen LogP contribution in [-0.4, -0.2) is 23.3 Å². The molecule has 0 amide bonds. The molecule has 0 saturated carbocycles. The third-order valence-corrected chi connectivity index (χ3v) is 6.78. The van der Waals surface area contributed by atoms with Crippen molar-refractivity contribution in [1.82, 2.24) is 0 Å². The van der Waals surface area contributed by atoms with Crippen LogP contribution >= 0.6 is 63.7 Å². The summed E-state index contributed by atoms with van der Waals surface area (Å²) in [6, 6.07) is 7.30. The van der Waals surface area contributed by atoms with E-state index in [1.54, 1.807) is 0 Å². The van der Waals surface area contributed by atoms with Crippen LogP contribution in [0.15, 0.2) is 42.2 Å². The predicted octanol–water partition coefficient (Wildman–Crippen LogP) is 6.41. The molecule has 0 aromatic heterocycles. The Morgan fingerprint density at radius 1 is 0.923 bits per heavy atom. The molecule has 8 heteroatoms. The Morgan fingerprint density at radius 3 is 1.58 bits per heavy atom. The Kier molecular flexibility index (Phi) is 7.21. The number of ether oxygens (including phenoxy) is 1. The van der Waals surface area contributed by atoms with Gasteiger partial charge in [0.1, 0.15) is 11.5 Å². The second-order valence-electron chi connectivity index (χ2n) is 5.99. The molecule has 0 aliphatic carbocycles. The van der Waals surface area contributed by atoms with Gasteiger partial charge in [-0.05, 0) is 106 Å². The lowest BCUT2D eigenvalue weighted by Gasteiger charge is -2.32. The number of phenolic OH excluding ortho intramolecular Hbond substituents is 2. The molecule has 0 fully saturated rings. The molecule has 4 nitrogen and oxygen atoms in total.